The van der Waals surface area contributed by atoms with Gasteiger partial charge in [-0.1, -0.05) is 6.07 Å². The van der Waals surface area contributed by atoms with Crippen LogP contribution in [0.4, 0.5) is 5.69 Å². The number of nitrogens with zero attached hydrogens (tertiary/aromatic N) is 2. The number of hydrogen-bond donors (Lipinski definition) is 1. The monoisotopic (exact) mass is 457 g/mol. The number of benzene rings is 2. The summed E-state index contributed by atoms with van der Waals surface area (Å²) in [5.41, 5.74) is 1.90. The highest BCUT2D eigenvalue weighted by molar-refractivity contribution is 7.80. The van der Waals surface area contributed by atoms with Gasteiger partial charge in [0, 0.05) is 38.0 Å². The van der Waals surface area contributed by atoms with Gasteiger partial charge in [0.05, 0.1) is 12.0 Å². The first-order chi connectivity index (χ1) is 15.4. The Balaban J connectivity index is 1.73. The first-order valence-corrected chi connectivity index (χ1v) is 10.2. The number of ether oxygens (including phenoxy) is 3. The lowest BCUT2D eigenvalue weighted by molar-refractivity contribution is -0.384. The molecule has 10 heteroatoms. The smallest absolute Gasteiger partial charge is 0.276 e. The van der Waals surface area contributed by atoms with E-state index in [1.165, 1.54) is 29.2 Å². The fourth-order valence-electron chi connectivity index (χ4n) is 3.13. The van der Waals surface area contributed by atoms with Gasteiger partial charge < -0.3 is 19.5 Å². The molecule has 168 valence electrons. The quantitative estimate of drug-likeness (QED) is 0.191. The molecular formula is C22H23N3O6S. The Morgan fingerprint density at radius 1 is 1.19 bits per heavy atom. The standard InChI is InChI=1S/C22H23N3O6S/c1-29-11-3-10-24-21(26)19(23-22(24)32)13-15-4-9-20(30-2)16(12-15)14-31-18-7-5-17(6-8-18)25(27)28/h4-9,12-13H,3,10-11,14H2,1-2H3,(H,23,32)/b19-13+. The molecule has 1 saturated heterocycles. The fourth-order valence-corrected chi connectivity index (χ4v) is 3.42. The summed E-state index contributed by atoms with van der Waals surface area (Å²) in [5, 5.41) is 14.1. The number of carbonyl (C=O) groups excluding carboxylic acids is 1. The number of rotatable bonds is 10. The molecule has 0 bridgehead atoms. The molecule has 1 heterocycles. The number of nitro groups is 1. The van der Waals surface area contributed by atoms with Gasteiger partial charge in [-0.2, -0.15) is 0 Å². The van der Waals surface area contributed by atoms with Crippen molar-refractivity contribution in [2.24, 2.45) is 0 Å². The van der Waals surface area contributed by atoms with Crippen molar-refractivity contribution < 1.29 is 23.9 Å². The van der Waals surface area contributed by atoms with E-state index < -0.39 is 4.92 Å². The molecule has 1 N–H and O–H groups in total. The Hall–Kier alpha value is -3.50. The van der Waals surface area contributed by atoms with Gasteiger partial charge in [0.15, 0.2) is 5.11 Å². The van der Waals surface area contributed by atoms with Crippen LogP contribution < -0.4 is 14.8 Å². The second kappa shape index (κ2) is 10.7. The molecule has 32 heavy (non-hydrogen) atoms. The zero-order valence-electron chi connectivity index (χ0n) is 17.7. The highest BCUT2D eigenvalue weighted by atomic mass is 32.1. The van der Waals surface area contributed by atoms with E-state index in [4.69, 9.17) is 26.4 Å². The SMILES string of the molecule is COCCCN1C(=O)/C(=C\c2ccc(OC)c(COc3ccc([N+](=O)[O-])cc3)c2)NC1=S. The highest BCUT2D eigenvalue weighted by Gasteiger charge is 2.30. The molecule has 2 aromatic rings. The van der Waals surface area contributed by atoms with Crippen molar-refractivity contribution in [3.05, 3.63) is 69.4 Å². The fraction of sp³-hybridized carbons (Fsp3) is 0.273. The van der Waals surface area contributed by atoms with Crippen molar-refractivity contribution in [1.82, 2.24) is 10.2 Å². The van der Waals surface area contributed by atoms with Crippen LogP contribution in [0.3, 0.4) is 0 Å². The number of carbonyl (C=O) groups is 1. The van der Waals surface area contributed by atoms with E-state index in [0.717, 1.165) is 11.1 Å². The second-order valence-electron chi connectivity index (χ2n) is 6.90. The average molecular weight is 458 g/mol. The number of methoxy groups -OCH3 is 2. The van der Waals surface area contributed by atoms with Crippen LogP contribution in [0.2, 0.25) is 0 Å². The van der Waals surface area contributed by atoms with Crippen LogP contribution in [0.5, 0.6) is 11.5 Å². The molecule has 1 amide bonds. The average Bonchev–Trinajstić information content (AvgIpc) is 3.05. The minimum atomic E-state index is -0.466. The Morgan fingerprint density at radius 3 is 2.59 bits per heavy atom. The lowest BCUT2D eigenvalue weighted by atomic mass is 10.1. The van der Waals surface area contributed by atoms with Crippen LogP contribution in [0.15, 0.2) is 48.2 Å². The van der Waals surface area contributed by atoms with Gasteiger partial charge in [0.25, 0.3) is 11.6 Å². The van der Waals surface area contributed by atoms with Crippen molar-refractivity contribution in [3.8, 4) is 11.5 Å². The summed E-state index contributed by atoms with van der Waals surface area (Å²) < 4.78 is 16.2. The molecule has 9 nitrogen and oxygen atoms in total. The largest absolute Gasteiger partial charge is 0.496 e. The van der Waals surface area contributed by atoms with Crippen molar-refractivity contribution in [3.63, 3.8) is 0 Å². The molecule has 0 aliphatic carbocycles. The van der Waals surface area contributed by atoms with E-state index >= 15 is 0 Å². The first-order valence-electron chi connectivity index (χ1n) is 9.80. The third-order valence-corrected chi connectivity index (χ3v) is 5.07. The maximum atomic E-state index is 12.7. The summed E-state index contributed by atoms with van der Waals surface area (Å²) in [7, 11) is 3.17. The third-order valence-electron chi connectivity index (χ3n) is 4.75. The van der Waals surface area contributed by atoms with Gasteiger partial charge in [0.2, 0.25) is 0 Å². The van der Waals surface area contributed by atoms with Gasteiger partial charge in [-0.05, 0) is 54.5 Å². The number of thiocarbonyl (C=S) groups is 1. The first kappa shape index (κ1) is 23.2. The summed E-state index contributed by atoms with van der Waals surface area (Å²) in [6, 6.07) is 11.3. The maximum Gasteiger partial charge on any atom is 0.276 e. The van der Waals surface area contributed by atoms with Crippen LogP contribution in [-0.2, 0) is 16.1 Å². The van der Waals surface area contributed by atoms with E-state index in [0.29, 0.717) is 41.9 Å². The van der Waals surface area contributed by atoms with Crippen LogP contribution in [0, 0.1) is 10.1 Å². The van der Waals surface area contributed by atoms with Gasteiger partial charge in [-0.15, -0.1) is 0 Å². The van der Waals surface area contributed by atoms with Gasteiger partial charge >= 0.3 is 0 Å². The van der Waals surface area contributed by atoms with Crippen molar-refractivity contribution in [1.29, 1.82) is 0 Å². The molecule has 0 aromatic heterocycles. The molecule has 3 rings (SSSR count). The van der Waals surface area contributed by atoms with Gasteiger partial charge in [-0.25, -0.2) is 0 Å². The summed E-state index contributed by atoms with van der Waals surface area (Å²) in [5.74, 6) is 0.924. The molecule has 0 spiro atoms. The predicted octanol–water partition coefficient (Wildman–Crippen LogP) is 3.28. The van der Waals surface area contributed by atoms with E-state index in [1.54, 1.807) is 26.4 Å². The summed E-state index contributed by atoms with van der Waals surface area (Å²) in [6.45, 7) is 1.20. The second-order valence-corrected chi connectivity index (χ2v) is 7.29. The minimum Gasteiger partial charge on any atom is -0.496 e. The van der Waals surface area contributed by atoms with Gasteiger partial charge in [-0.3, -0.25) is 19.8 Å². The molecule has 0 saturated carbocycles. The number of nitrogens with one attached hydrogen (secondary N) is 1. The zero-order valence-corrected chi connectivity index (χ0v) is 18.5. The van der Waals surface area contributed by atoms with E-state index in [1.807, 2.05) is 12.1 Å². The number of non-ortho nitro benzene ring substituents is 1. The van der Waals surface area contributed by atoms with Crippen molar-refractivity contribution in [2.75, 3.05) is 27.4 Å². The number of hydrogen-bond acceptors (Lipinski definition) is 7. The Bertz CT molecular complexity index is 1040. The van der Waals surface area contributed by atoms with E-state index in [9.17, 15) is 14.9 Å². The molecule has 0 radical (unpaired) electrons. The zero-order chi connectivity index (χ0) is 23.1. The van der Waals surface area contributed by atoms with Crippen LogP contribution in [0.1, 0.15) is 17.5 Å². The summed E-state index contributed by atoms with van der Waals surface area (Å²) in [4.78, 5) is 24.5. The topological polar surface area (TPSA) is 103 Å². The molecule has 1 fully saturated rings. The number of amides is 1. The Labute approximate surface area is 190 Å². The molecular weight excluding hydrogens is 434 g/mol. The lowest BCUT2D eigenvalue weighted by Crippen LogP contribution is -2.32. The van der Waals surface area contributed by atoms with Crippen LogP contribution in [-0.4, -0.2) is 48.2 Å². The highest BCUT2D eigenvalue weighted by Crippen LogP contribution is 2.25. The lowest BCUT2D eigenvalue weighted by Gasteiger charge is -2.13. The molecule has 1 aliphatic heterocycles. The number of nitro benzene ring substituents is 1. The minimum absolute atomic E-state index is 0.00791. The van der Waals surface area contributed by atoms with E-state index in [2.05, 4.69) is 5.32 Å². The molecule has 0 atom stereocenters. The maximum absolute atomic E-state index is 12.7. The van der Waals surface area contributed by atoms with Crippen molar-refractivity contribution in [2.45, 2.75) is 13.0 Å². The predicted molar refractivity (Wildman–Crippen MR) is 122 cm³/mol. The molecule has 1 aliphatic rings. The summed E-state index contributed by atoms with van der Waals surface area (Å²) in [6.07, 6.45) is 2.41. The van der Waals surface area contributed by atoms with Crippen LogP contribution >= 0.6 is 12.2 Å². The Kier molecular flexibility index (Phi) is 7.74. The normalized spacial score (nSPS) is 14.6. The van der Waals surface area contributed by atoms with Gasteiger partial charge in [0.1, 0.15) is 23.8 Å². The molecule has 2 aromatic carbocycles. The van der Waals surface area contributed by atoms with E-state index in [-0.39, 0.29) is 18.2 Å². The van der Waals surface area contributed by atoms with Crippen molar-refractivity contribution >= 4 is 35.0 Å². The molecule has 0 unspecified atom stereocenters. The van der Waals surface area contributed by atoms with Crippen LogP contribution in [0.25, 0.3) is 6.08 Å². The summed E-state index contributed by atoms with van der Waals surface area (Å²) >= 11 is 5.28. The Morgan fingerprint density at radius 2 is 1.94 bits per heavy atom. The third kappa shape index (κ3) is 5.59.